The van der Waals surface area contributed by atoms with Crippen molar-refractivity contribution in [2.75, 3.05) is 6.54 Å². The van der Waals surface area contributed by atoms with Gasteiger partial charge < -0.3 is 5.11 Å². The van der Waals surface area contributed by atoms with Crippen LogP contribution in [0.15, 0.2) is 78.9 Å². The van der Waals surface area contributed by atoms with Crippen LogP contribution in [0, 0.1) is 0 Å². The van der Waals surface area contributed by atoms with Gasteiger partial charge in [-0.1, -0.05) is 60.7 Å². The van der Waals surface area contributed by atoms with Crippen molar-refractivity contribution in [1.82, 2.24) is 9.88 Å². The molecule has 7 heteroatoms. The van der Waals surface area contributed by atoms with Crippen LogP contribution in [0.1, 0.15) is 38.3 Å². The summed E-state index contributed by atoms with van der Waals surface area (Å²) >= 11 is 0. The Hall–Kier alpha value is -3.97. The molecule has 3 aromatic carbocycles. The molecule has 0 unspecified atom stereocenters. The van der Waals surface area contributed by atoms with Crippen molar-refractivity contribution in [3.8, 4) is 0 Å². The van der Waals surface area contributed by atoms with E-state index in [-0.39, 0.29) is 5.56 Å². The minimum Gasteiger partial charge on any atom is -0.478 e. The summed E-state index contributed by atoms with van der Waals surface area (Å²) < 4.78 is 39.9. The lowest BCUT2D eigenvalue weighted by atomic mass is 9.91. The summed E-state index contributed by atoms with van der Waals surface area (Å²) in [5, 5.41) is 10.7. The van der Waals surface area contributed by atoms with E-state index in [1.165, 1.54) is 6.07 Å². The average molecular weight is 474 g/mol. The molecule has 0 bridgehead atoms. The van der Waals surface area contributed by atoms with Gasteiger partial charge in [-0.05, 0) is 41.0 Å². The maximum Gasteiger partial charge on any atom is 0.416 e. The number of pyridine rings is 1. The van der Waals surface area contributed by atoms with E-state index in [0.717, 1.165) is 17.7 Å². The van der Waals surface area contributed by atoms with E-state index in [4.69, 9.17) is 4.98 Å². The summed E-state index contributed by atoms with van der Waals surface area (Å²) in [5.74, 6) is -1.06. The maximum absolute atomic E-state index is 13.3. The molecular formula is C28H21F3N2O2. The topological polar surface area (TPSA) is 53.4 Å². The SMILES string of the molecule is O=C(O)c1c2c(nc3ccccc13)/C(=C\c1cccc(C(F)(F)F)c1)CN(Cc1ccccc1)C2. The number of nitrogens with zero attached hydrogens (tertiary/aromatic N) is 2. The number of alkyl halides is 3. The van der Waals surface area contributed by atoms with Crippen molar-refractivity contribution in [3.63, 3.8) is 0 Å². The Bertz CT molecular complexity index is 1450. The highest BCUT2D eigenvalue weighted by atomic mass is 19.4. The molecule has 0 aliphatic carbocycles. The van der Waals surface area contributed by atoms with E-state index >= 15 is 0 Å². The fourth-order valence-corrected chi connectivity index (χ4v) is 4.58. The molecule has 176 valence electrons. The van der Waals surface area contributed by atoms with Crippen LogP contribution in [-0.2, 0) is 19.3 Å². The molecule has 0 spiro atoms. The Morgan fingerprint density at radius 1 is 0.971 bits per heavy atom. The molecule has 1 aromatic heterocycles. The van der Waals surface area contributed by atoms with Crippen LogP contribution in [0.2, 0.25) is 0 Å². The quantitative estimate of drug-likeness (QED) is 0.366. The third kappa shape index (κ3) is 4.68. The number of halogens is 3. The molecule has 0 amide bonds. The van der Waals surface area contributed by atoms with Crippen LogP contribution >= 0.6 is 0 Å². The molecule has 5 rings (SSSR count). The van der Waals surface area contributed by atoms with Crippen LogP contribution in [0.3, 0.4) is 0 Å². The summed E-state index contributed by atoms with van der Waals surface area (Å²) in [6, 6.07) is 21.9. The van der Waals surface area contributed by atoms with E-state index in [0.29, 0.717) is 52.9 Å². The molecule has 4 nitrogen and oxygen atoms in total. The molecule has 0 saturated heterocycles. The van der Waals surface area contributed by atoms with Crippen molar-refractivity contribution in [1.29, 1.82) is 0 Å². The second-order valence-corrected chi connectivity index (χ2v) is 8.56. The van der Waals surface area contributed by atoms with Crippen LogP contribution in [0.25, 0.3) is 22.6 Å². The smallest absolute Gasteiger partial charge is 0.416 e. The zero-order chi connectivity index (χ0) is 24.6. The molecule has 0 saturated carbocycles. The first kappa shape index (κ1) is 22.8. The number of carboxylic acids is 1. The molecule has 2 heterocycles. The molecule has 0 atom stereocenters. The highest BCUT2D eigenvalue weighted by molar-refractivity contribution is 6.06. The first-order valence-electron chi connectivity index (χ1n) is 11.1. The minimum absolute atomic E-state index is 0.179. The highest BCUT2D eigenvalue weighted by Gasteiger charge is 2.31. The number of carboxylic acid groups (broad SMARTS) is 1. The summed E-state index contributed by atoms with van der Waals surface area (Å²) in [6.07, 6.45) is -2.78. The van der Waals surface area contributed by atoms with Crippen LogP contribution in [0.4, 0.5) is 13.2 Å². The Morgan fingerprint density at radius 2 is 1.71 bits per heavy atom. The van der Waals surface area contributed by atoms with E-state index < -0.39 is 17.7 Å². The van der Waals surface area contributed by atoms with Gasteiger partial charge in [-0.15, -0.1) is 0 Å². The van der Waals surface area contributed by atoms with E-state index in [1.807, 2.05) is 30.3 Å². The van der Waals surface area contributed by atoms with Crippen molar-refractivity contribution in [3.05, 3.63) is 112 Å². The zero-order valence-electron chi connectivity index (χ0n) is 18.6. The van der Waals surface area contributed by atoms with Gasteiger partial charge in [0.05, 0.1) is 22.3 Å². The van der Waals surface area contributed by atoms with Crippen LogP contribution in [0.5, 0.6) is 0 Å². The molecule has 1 aliphatic heterocycles. The van der Waals surface area contributed by atoms with Gasteiger partial charge in [-0.3, -0.25) is 4.90 Å². The Morgan fingerprint density at radius 3 is 2.46 bits per heavy atom. The van der Waals surface area contributed by atoms with Gasteiger partial charge in [0.15, 0.2) is 0 Å². The number of rotatable bonds is 4. The number of fused-ring (bicyclic) bond motifs is 2. The van der Waals surface area contributed by atoms with E-state index in [2.05, 4.69) is 4.90 Å². The zero-order valence-corrected chi connectivity index (χ0v) is 18.6. The highest BCUT2D eigenvalue weighted by Crippen LogP contribution is 2.35. The predicted octanol–water partition coefficient (Wildman–Crippen LogP) is 6.51. The van der Waals surface area contributed by atoms with Crippen molar-refractivity contribution >= 4 is 28.5 Å². The standard InChI is InChI=1S/C28H21F3N2O2/c29-28(30,31)21-10-6-9-19(14-21)13-20-16-33(15-18-7-2-1-3-8-18)17-23-25(27(34)35)22-11-4-5-12-24(22)32-26(20)23/h1-14H,15-17H2,(H,34,35)/b20-13-. The molecule has 35 heavy (non-hydrogen) atoms. The van der Waals surface area contributed by atoms with Gasteiger partial charge in [-0.2, -0.15) is 13.2 Å². The Kier molecular flexibility index (Phi) is 5.86. The average Bonchev–Trinajstić information content (AvgIpc) is 2.83. The monoisotopic (exact) mass is 474 g/mol. The van der Waals surface area contributed by atoms with Crippen molar-refractivity contribution in [2.45, 2.75) is 19.3 Å². The summed E-state index contributed by atoms with van der Waals surface area (Å²) in [4.78, 5) is 19.2. The van der Waals surface area contributed by atoms with Gasteiger partial charge in [0, 0.05) is 30.6 Å². The normalized spacial score (nSPS) is 15.3. The van der Waals surface area contributed by atoms with Crippen molar-refractivity contribution in [2.24, 2.45) is 0 Å². The Balaban J connectivity index is 1.68. The number of hydrogen-bond donors (Lipinski definition) is 1. The largest absolute Gasteiger partial charge is 0.478 e. The lowest BCUT2D eigenvalue weighted by molar-refractivity contribution is -0.137. The molecule has 0 radical (unpaired) electrons. The molecule has 1 aliphatic rings. The third-order valence-corrected chi connectivity index (χ3v) is 6.09. The second-order valence-electron chi connectivity index (χ2n) is 8.56. The lowest BCUT2D eigenvalue weighted by Gasteiger charge is -2.31. The molecular weight excluding hydrogens is 453 g/mol. The number of para-hydroxylation sites is 1. The van der Waals surface area contributed by atoms with Crippen LogP contribution in [-0.4, -0.2) is 27.5 Å². The fourth-order valence-electron chi connectivity index (χ4n) is 4.58. The fraction of sp³-hybridized carbons (Fsp3) is 0.143. The van der Waals surface area contributed by atoms with Crippen molar-refractivity contribution < 1.29 is 23.1 Å². The molecule has 4 aromatic rings. The third-order valence-electron chi connectivity index (χ3n) is 6.09. The summed E-state index contributed by atoms with van der Waals surface area (Å²) in [5.41, 5.74) is 3.18. The van der Waals surface area contributed by atoms with Gasteiger partial charge in [0.25, 0.3) is 0 Å². The van der Waals surface area contributed by atoms with Gasteiger partial charge in [-0.25, -0.2) is 9.78 Å². The number of benzene rings is 3. The number of aromatic nitrogens is 1. The first-order valence-corrected chi connectivity index (χ1v) is 11.1. The van der Waals surface area contributed by atoms with Gasteiger partial charge in [0.1, 0.15) is 0 Å². The van der Waals surface area contributed by atoms with E-state index in [9.17, 15) is 23.1 Å². The summed E-state index contributed by atoms with van der Waals surface area (Å²) in [7, 11) is 0. The first-order chi connectivity index (χ1) is 16.8. The molecule has 1 N–H and O–H groups in total. The Labute approximate surface area is 200 Å². The number of carbonyl (C=O) groups is 1. The molecule has 0 fully saturated rings. The van der Waals surface area contributed by atoms with Gasteiger partial charge in [0.2, 0.25) is 0 Å². The van der Waals surface area contributed by atoms with E-state index in [1.54, 1.807) is 36.4 Å². The number of hydrogen-bond acceptors (Lipinski definition) is 3. The van der Waals surface area contributed by atoms with Gasteiger partial charge >= 0.3 is 12.1 Å². The lowest BCUT2D eigenvalue weighted by Crippen LogP contribution is -2.31. The maximum atomic E-state index is 13.3. The minimum atomic E-state index is -4.46. The second kappa shape index (κ2) is 9.00. The van der Waals surface area contributed by atoms with Crippen LogP contribution < -0.4 is 0 Å². The summed E-state index contributed by atoms with van der Waals surface area (Å²) in [6.45, 7) is 1.35. The predicted molar refractivity (Wildman–Crippen MR) is 129 cm³/mol. The number of aromatic carboxylic acids is 1.